The Kier molecular flexibility index (Phi) is 6.09. The van der Waals surface area contributed by atoms with E-state index in [9.17, 15) is 0 Å². The van der Waals surface area contributed by atoms with Gasteiger partial charge in [-0.15, -0.1) is 0 Å². The Morgan fingerprint density at radius 3 is 2.76 bits per heavy atom. The summed E-state index contributed by atoms with van der Waals surface area (Å²) in [6.45, 7) is 9.81. The molecule has 0 radical (unpaired) electrons. The van der Waals surface area contributed by atoms with E-state index in [2.05, 4.69) is 57.1 Å². The van der Waals surface area contributed by atoms with Crippen molar-refractivity contribution in [3.05, 3.63) is 72.6 Å². The Balaban J connectivity index is 1.77. The van der Waals surface area contributed by atoms with E-state index in [1.54, 1.807) is 34.3 Å². The molecule has 9 nitrogen and oxygen atoms in total. The molecule has 4 aromatic rings. The number of nitriles is 1. The average Bonchev–Trinajstić information content (AvgIpc) is 3.26. The molecule has 1 N–H and O–H groups in total. The number of pyridine rings is 3. The summed E-state index contributed by atoms with van der Waals surface area (Å²) in [7, 11) is 0. The van der Waals surface area contributed by atoms with Crippen LogP contribution in [0.15, 0.2) is 66.4 Å². The molecule has 0 aliphatic rings. The molecule has 4 heterocycles. The Bertz CT molecular complexity index is 1360. The molecular weight excluding hydrogens is 414 g/mol. The number of hydrogen-bond donors (Lipinski definition) is 1. The van der Waals surface area contributed by atoms with Gasteiger partial charge in [-0.3, -0.25) is 4.98 Å². The summed E-state index contributed by atoms with van der Waals surface area (Å²) < 4.78 is 1.65. The lowest BCUT2D eigenvalue weighted by atomic mass is 10.2. The van der Waals surface area contributed by atoms with Gasteiger partial charge in [-0.25, -0.2) is 15.0 Å². The van der Waals surface area contributed by atoms with Gasteiger partial charge in [0.05, 0.1) is 29.3 Å². The summed E-state index contributed by atoms with van der Waals surface area (Å²) in [6.07, 6.45) is 8.53. The van der Waals surface area contributed by atoms with Gasteiger partial charge in [0, 0.05) is 42.8 Å². The molecule has 0 unspecified atom stereocenters. The SMILES string of the molecule is C=NN(/C=C(\C)c1ccccn1)c1cnc(-n2ncc3cc(C#N)cnc32)cc1NC(C)C. The number of nitrogens with zero attached hydrogens (tertiary/aromatic N) is 8. The maximum atomic E-state index is 9.12. The molecule has 4 aromatic heterocycles. The maximum Gasteiger partial charge on any atom is 0.164 e. The number of allylic oxidation sites excluding steroid dienone is 1. The molecule has 0 saturated heterocycles. The van der Waals surface area contributed by atoms with E-state index < -0.39 is 0 Å². The van der Waals surface area contributed by atoms with Crippen LogP contribution in [0.3, 0.4) is 0 Å². The smallest absolute Gasteiger partial charge is 0.164 e. The van der Waals surface area contributed by atoms with Gasteiger partial charge in [-0.2, -0.15) is 20.1 Å². The van der Waals surface area contributed by atoms with Crippen molar-refractivity contribution in [1.82, 2.24) is 24.7 Å². The van der Waals surface area contributed by atoms with Crippen molar-refractivity contribution in [3.63, 3.8) is 0 Å². The first-order valence-electron chi connectivity index (χ1n) is 10.4. The zero-order valence-corrected chi connectivity index (χ0v) is 18.6. The number of fused-ring (bicyclic) bond motifs is 1. The van der Waals surface area contributed by atoms with E-state index in [0.29, 0.717) is 17.0 Å². The lowest BCUT2D eigenvalue weighted by Crippen LogP contribution is -2.16. The van der Waals surface area contributed by atoms with E-state index in [4.69, 9.17) is 5.26 Å². The fourth-order valence-corrected chi connectivity index (χ4v) is 3.34. The molecule has 33 heavy (non-hydrogen) atoms. The molecule has 0 aliphatic heterocycles. The van der Waals surface area contributed by atoms with Crippen LogP contribution in [0.25, 0.3) is 22.4 Å². The minimum Gasteiger partial charge on any atom is -0.381 e. The largest absolute Gasteiger partial charge is 0.381 e. The van der Waals surface area contributed by atoms with Gasteiger partial charge in [0.15, 0.2) is 11.5 Å². The lowest BCUT2D eigenvalue weighted by Gasteiger charge is -2.21. The van der Waals surface area contributed by atoms with Crippen molar-refractivity contribution < 1.29 is 0 Å². The summed E-state index contributed by atoms with van der Waals surface area (Å²) >= 11 is 0. The molecule has 0 spiro atoms. The molecule has 0 aromatic carbocycles. The van der Waals surface area contributed by atoms with Crippen LogP contribution in [0.1, 0.15) is 32.0 Å². The second-order valence-corrected chi connectivity index (χ2v) is 7.68. The first-order valence-corrected chi connectivity index (χ1v) is 10.4. The Morgan fingerprint density at radius 1 is 1.21 bits per heavy atom. The number of hydrazone groups is 1. The van der Waals surface area contributed by atoms with Gasteiger partial charge in [-0.1, -0.05) is 6.07 Å². The van der Waals surface area contributed by atoms with Crippen LogP contribution in [0.5, 0.6) is 0 Å². The van der Waals surface area contributed by atoms with Crippen molar-refractivity contribution in [2.24, 2.45) is 5.10 Å². The highest BCUT2D eigenvalue weighted by molar-refractivity contribution is 5.79. The van der Waals surface area contributed by atoms with Crippen LogP contribution in [0.4, 0.5) is 11.4 Å². The van der Waals surface area contributed by atoms with E-state index >= 15 is 0 Å². The normalized spacial score (nSPS) is 11.4. The molecule has 0 amide bonds. The summed E-state index contributed by atoms with van der Waals surface area (Å²) in [6, 6.07) is 11.7. The van der Waals surface area contributed by atoms with E-state index in [-0.39, 0.29) is 6.04 Å². The van der Waals surface area contributed by atoms with Crippen LogP contribution < -0.4 is 10.3 Å². The fourth-order valence-electron chi connectivity index (χ4n) is 3.34. The van der Waals surface area contributed by atoms with Crippen molar-refractivity contribution in [1.29, 1.82) is 5.26 Å². The predicted octanol–water partition coefficient (Wildman–Crippen LogP) is 4.39. The van der Waals surface area contributed by atoms with Gasteiger partial charge in [0.1, 0.15) is 11.8 Å². The summed E-state index contributed by atoms with van der Waals surface area (Å²) in [5.74, 6) is 0.587. The molecule has 0 bridgehead atoms. The first kappa shape index (κ1) is 21.6. The monoisotopic (exact) mass is 437 g/mol. The minimum atomic E-state index is 0.164. The lowest BCUT2D eigenvalue weighted by molar-refractivity contribution is 0.855. The third kappa shape index (κ3) is 4.55. The quantitative estimate of drug-likeness (QED) is 0.337. The number of hydrogen-bond acceptors (Lipinski definition) is 8. The molecule has 0 atom stereocenters. The van der Waals surface area contributed by atoms with Crippen molar-refractivity contribution >= 4 is 34.7 Å². The van der Waals surface area contributed by atoms with Crippen LogP contribution in [0.2, 0.25) is 0 Å². The predicted molar refractivity (Wildman–Crippen MR) is 130 cm³/mol. The summed E-state index contributed by atoms with van der Waals surface area (Å²) in [5.41, 5.74) is 4.42. The molecule has 0 saturated carbocycles. The number of nitrogens with one attached hydrogen (secondary N) is 1. The summed E-state index contributed by atoms with van der Waals surface area (Å²) in [5, 5.41) is 23.6. The van der Waals surface area contributed by atoms with Gasteiger partial charge < -0.3 is 5.32 Å². The standard InChI is InChI=1S/C24H23N9/c1-16(2)31-21-10-23(33-24-19(13-30-33)9-18(11-25)12-29-24)28-14-22(21)32(26-4)15-17(3)20-7-5-6-8-27-20/h5-10,12-16H,4H2,1-3H3,(H,28,31)/b17-15+. The number of rotatable bonds is 7. The Hall–Kier alpha value is -4.58. The molecule has 0 aliphatic carbocycles. The van der Waals surface area contributed by atoms with E-state index in [0.717, 1.165) is 28.0 Å². The van der Waals surface area contributed by atoms with Gasteiger partial charge in [-0.05, 0) is 44.5 Å². The Morgan fingerprint density at radius 2 is 2.06 bits per heavy atom. The van der Waals surface area contributed by atoms with Gasteiger partial charge >= 0.3 is 0 Å². The zero-order chi connectivity index (χ0) is 23.4. The third-order valence-electron chi connectivity index (χ3n) is 4.85. The molecular formula is C24H23N9. The zero-order valence-electron chi connectivity index (χ0n) is 18.6. The maximum absolute atomic E-state index is 9.12. The van der Waals surface area contributed by atoms with Gasteiger partial charge in [0.25, 0.3) is 0 Å². The Labute approximate surface area is 191 Å². The molecule has 9 heteroatoms. The van der Waals surface area contributed by atoms with Crippen LogP contribution in [-0.2, 0) is 0 Å². The highest BCUT2D eigenvalue weighted by atomic mass is 15.4. The topological polar surface area (TPSA) is 108 Å². The number of anilines is 2. The minimum absolute atomic E-state index is 0.164. The van der Waals surface area contributed by atoms with Crippen LogP contribution >= 0.6 is 0 Å². The first-order chi connectivity index (χ1) is 16.0. The fraction of sp³-hybridized carbons (Fsp3) is 0.167. The van der Waals surface area contributed by atoms with Crippen molar-refractivity contribution in [3.8, 4) is 11.9 Å². The van der Waals surface area contributed by atoms with Crippen molar-refractivity contribution in [2.75, 3.05) is 10.3 Å². The van der Waals surface area contributed by atoms with Crippen LogP contribution in [-0.4, -0.2) is 37.5 Å². The van der Waals surface area contributed by atoms with Crippen LogP contribution in [0, 0.1) is 11.3 Å². The highest BCUT2D eigenvalue weighted by Gasteiger charge is 2.15. The molecule has 4 rings (SSSR count). The molecule has 164 valence electrons. The third-order valence-corrected chi connectivity index (χ3v) is 4.85. The van der Waals surface area contributed by atoms with Gasteiger partial charge in [0.2, 0.25) is 0 Å². The highest BCUT2D eigenvalue weighted by Crippen LogP contribution is 2.30. The average molecular weight is 438 g/mol. The number of aromatic nitrogens is 5. The van der Waals surface area contributed by atoms with E-state index in [1.165, 1.54) is 6.20 Å². The molecule has 0 fully saturated rings. The second kappa shape index (κ2) is 9.28. The second-order valence-electron chi connectivity index (χ2n) is 7.68. The van der Waals surface area contributed by atoms with E-state index in [1.807, 2.05) is 37.4 Å². The summed E-state index contributed by atoms with van der Waals surface area (Å²) in [4.78, 5) is 13.4. The van der Waals surface area contributed by atoms with Crippen molar-refractivity contribution in [2.45, 2.75) is 26.8 Å².